The SMILES string of the molecule is Cc1cc(=O)oc2cc(O)c3c(c12)OC(N)=C(C#N)C31C(=O)Nc2ccc(I)cc21. The summed E-state index contributed by atoms with van der Waals surface area (Å²) in [6.07, 6.45) is 0. The van der Waals surface area contributed by atoms with Gasteiger partial charge in [-0.1, -0.05) is 0 Å². The standard InChI is InChI=1S/C21H12IN3O5/c1-8-4-15(27)29-14-6-13(26)17-18(16(8)14)30-19(24)11(7-23)21(17)10-5-9(22)2-3-12(10)25-20(21)28/h2-6,26H,24H2,1H3,(H,25,28). The fraction of sp³-hybridized carbons (Fsp3) is 0.0952. The molecular weight excluding hydrogens is 501 g/mol. The van der Waals surface area contributed by atoms with Crippen LogP contribution in [0.4, 0.5) is 5.69 Å². The van der Waals surface area contributed by atoms with Crippen LogP contribution in [0.15, 0.2) is 51.0 Å². The van der Waals surface area contributed by atoms with E-state index in [9.17, 15) is 20.0 Å². The minimum Gasteiger partial charge on any atom is -0.507 e. The Balaban J connectivity index is 2.03. The molecule has 1 amide bonds. The molecule has 1 aromatic heterocycles. The summed E-state index contributed by atoms with van der Waals surface area (Å²) in [5.74, 6) is -1.07. The second-order valence-electron chi connectivity index (χ2n) is 7.07. The molecule has 2 aliphatic heterocycles. The molecule has 3 aromatic rings. The number of halogens is 1. The maximum absolute atomic E-state index is 13.4. The average molecular weight is 513 g/mol. The van der Waals surface area contributed by atoms with Gasteiger partial charge in [-0.25, -0.2) is 4.79 Å². The van der Waals surface area contributed by atoms with Gasteiger partial charge in [-0.15, -0.1) is 0 Å². The number of aryl methyl sites for hydroxylation is 1. The summed E-state index contributed by atoms with van der Waals surface area (Å²) in [6, 6.07) is 9.84. The Labute approximate surface area is 182 Å². The van der Waals surface area contributed by atoms with Gasteiger partial charge < -0.3 is 25.3 Å². The normalized spacial score (nSPS) is 19.3. The number of anilines is 1. The molecule has 148 valence electrons. The van der Waals surface area contributed by atoms with Crippen molar-refractivity contribution in [2.24, 2.45) is 5.73 Å². The van der Waals surface area contributed by atoms with Crippen LogP contribution in [0.3, 0.4) is 0 Å². The van der Waals surface area contributed by atoms with Gasteiger partial charge in [0.2, 0.25) is 11.8 Å². The van der Waals surface area contributed by atoms with Crippen LogP contribution in [-0.4, -0.2) is 11.0 Å². The van der Waals surface area contributed by atoms with Gasteiger partial charge in [0, 0.05) is 27.0 Å². The number of hydrogen-bond donors (Lipinski definition) is 3. The summed E-state index contributed by atoms with van der Waals surface area (Å²) in [6.45, 7) is 1.68. The van der Waals surface area contributed by atoms with Crippen molar-refractivity contribution in [3.8, 4) is 17.6 Å². The molecule has 8 nitrogen and oxygen atoms in total. The summed E-state index contributed by atoms with van der Waals surface area (Å²) in [5, 5.41) is 24.1. The van der Waals surface area contributed by atoms with Gasteiger partial charge in [0.1, 0.15) is 34.1 Å². The van der Waals surface area contributed by atoms with E-state index in [1.807, 2.05) is 12.1 Å². The number of nitrogens with zero attached hydrogens (tertiary/aromatic N) is 1. The molecular formula is C21H12IN3O5. The Bertz CT molecular complexity index is 1450. The zero-order chi connectivity index (χ0) is 21.4. The van der Waals surface area contributed by atoms with Crippen LogP contribution in [0.2, 0.25) is 0 Å². The highest BCUT2D eigenvalue weighted by molar-refractivity contribution is 14.1. The maximum Gasteiger partial charge on any atom is 0.336 e. The van der Waals surface area contributed by atoms with Crippen molar-refractivity contribution in [1.29, 1.82) is 5.26 Å². The molecule has 0 radical (unpaired) electrons. The van der Waals surface area contributed by atoms with Gasteiger partial charge in [0.05, 0.1) is 10.9 Å². The molecule has 0 bridgehead atoms. The number of amides is 1. The van der Waals surface area contributed by atoms with Crippen molar-refractivity contribution < 1.29 is 19.1 Å². The van der Waals surface area contributed by atoms with E-state index < -0.39 is 16.9 Å². The number of fused-ring (bicyclic) bond motifs is 6. The molecule has 5 rings (SSSR count). The number of aromatic hydroxyl groups is 1. The first-order chi connectivity index (χ1) is 14.3. The highest BCUT2D eigenvalue weighted by Gasteiger charge is 2.58. The summed E-state index contributed by atoms with van der Waals surface area (Å²) < 4.78 is 11.8. The highest BCUT2D eigenvalue weighted by atomic mass is 127. The number of carbonyl (C=O) groups excluding carboxylic acids is 1. The fourth-order valence-electron chi connectivity index (χ4n) is 4.31. The van der Waals surface area contributed by atoms with Crippen LogP contribution < -0.4 is 21.4 Å². The van der Waals surface area contributed by atoms with Crippen LogP contribution in [0.25, 0.3) is 11.0 Å². The smallest absolute Gasteiger partial charge is 0.336 e. The van der Waals surface area contributed by atoms with E-state index in [-0.39, 0.29) is 34.1 Å². The second kappa shape index (κ2) is 5.99. The first kappa shape index (κ1) is 18.5. The largest absolute Gasteiger partial charge is 0.507 e. The highest BCUT2D eigenvalue weighted by Crippen LogP contribution is 2.57. The molecule has 2 aliphatic rings. The lowest BCUT2D eigenvalue weighted by atomic mass is 9.68. The quantitative estimate of drug-likeness (QED) is 0.311. The topological polar surface area (TPSA) is 139 Å². The number of rotatable bonds is 0. The van der Waals surface area contributed by atoms with Crippen LogP contribution in [0.1, 0.15) is 16.7 Å². The number of carbonyl (C=O) groups is 1. The number of ether oxygens (including phenoxy) is 1. The van der Waals surface area contributed by atoms with Crippen LogP contribution in [-0.2, 0) is 10.2 Å². The summed E-state index contributed by atoms with van der Waals surface area (Å²) in [7, 11) is 0. The van der Waals surface area contributed by atoms with E-state index >= 15 is 0 Å². The van der Waals surface area contributed by atoms with Crippen molar-refractivity contribution in [3.63, 3.8) is 0 Å². The number of nitrogens with one attached hydrogen (secondary N) is 1. The molecule has 1 unspecified atom stereocenters. The monoisotopic (exact) mass is 513 g/mol. The summed E-state index contributed by atoms with van der Waals surface area (Å²) in [4.78, 5) is 25.2. The third kappa shape index (κ3) is 2.14. The van der Waals surface area contributed by atoms with Crippen molar-refractivity contribution in [2.45, 2.75) is 12.3 Å². The Kier molecular flexibility index (Phi) is 3.70. The van der Waals surface area contributed by atoms with Crippen molar-refractivity contribution >= 4 is 45.2 Å². The number of benzene rings is 2. The van der Waals surface area contributed by atoms with Gasteiger partial charge in [0.25, 0.3) is 0 Å². The van der Waals surface area contributed by atoms with E-state index in [1.54, 1.807) is 19.1 Å². The van der Waals surface area contributed by atoms with Crippen LogP contribution in [0.5, 0.6) is 11.5 Å². The third-order valence-electron chi connectivity index (χ3n) is 5.46. The Morgan fingerprint density at radius 3 is 2.77 bits per heavy atom. The van der Waals surface area contributed by atoms with Gasteiger partial charge >= 0.3 is 5.63 Å². The molecule has 0 saturated carbocycles. The molecule has 0 saturated heterocycles. The zero-order valence-corrected chi connectivity index (χ0v) is 17.5. The minimum absolute atomic E-state index is 0.0737. The first-order valence-electron chi connectivity index (χ1n) is 8.79. The molecule has 2 aromatic carbocycles. The minimum atomic E-state index is -1.70. The predicted molar refractivity (Wildman–Crippen MR) is 115 cm³/mol. The molecule has 3 heterocycles. The number of phenols is 1. The first-order valence-corrected chi connectivity index (χ1v) is 9.87. The lowest BCUT2D eigenvalue weighted by Gasteiger charge is -2.34. The molecule has 4 N–H and O–H groups in total. The maximum atomic E-state index is 13.4. The lowest BCUT2D eigenvalue weighted by Crippen LogP contribution is -2.42. The number of phenolic OH excluding ortho intramolecular Hbond substituents is 1. The van der Waals surface area contributed by atoms with Crippen LogP contribution >= 0.6 is 22.6 Å². The molecule has 30 heavy (non-hydrogen) atoms. The van der Waals surface area contributed by atoms with Crippen molar-refractivity contribution in [1.82, 2.24) is 0 Å². The molecule has 0 aliphatic carbocycles. The number of nitriles is 1. The van der Waals surface area contributed by atoms with Crippen molar-refractivity contribution in [2.75, 3.05) is 5.32 Å². The lowest BCUT2D eigenvalue weighted by molar-refractivity contribution is -0.118. The molecule has 0 fully saturated rings. The van der Waals surface area contributed by atoms with Gasteiger partial charge in [-0.05, 0) is 53.3 Å². The summed E-state index contributed by atoms with van der Waals surface area (Å²) in [5.41, 5.74) is 5.36. The fourth-order valence-corrected chi connectivity index (χ4v) is 4.80. The van der Waals surface area contributed by atoms with Crippen LogP contribution in [0, 0.1) is 21.8 Å². The van der Waals surface area contributed by atoms with E-state index in [0.717, 1.165) is 3.57 Å². The van der Waals surface area contributed by atoms with Gasteiger partial charge in [-0.3, -0.25) is 4.79 Å². The third-order valence-corrected chi connectivity index (χ3v) is 6.13. The van der Waals surface area contributed by atoms with Crippen molar-refractivity contribution in [3.05, 3.63) is 72.5 Å². The second-order valence-corrected chi connectivity index (χ2v) is 8.31. The Morgan fingerprint density at radius 1 is 1.27 bits per heavy atom. The van der Waals surface area contributed by atoms with E-state index in [0.29, 0.717) is 22.2 Å². The van der Waals surface area contributed by atoms with Gasteiger partial charge in [-0.2, -0.15) is 5.26 Å². The summed E-state index contributed by atoms with van der Waals surface area (Å²) >= 11 is 2.10. The Hall–Kier alpha value is -3.52. The number of hydrogen-bond acceptors (Lipinski definition) is 7. The molecule has 1 atom stereocenters. The predicted octanol–water partition coefficient (Wildman–Crippen LogP) is 2.74. The van der Waals surface area contributed by atoms with E-state index in [2.05, 4.69) is 27.9 Å². The number of nitrogens with two attached hydrogens (primary N) is 1. The molecule has 9 heteroatoms. The van der Waals surface area contributed by atoms with E-state index in [1.165, 1.54) is 12.1 Å². The van der Waals surface area contributed by atoms with Gasteiger partial charge in [0.15, 0.2) is 0 Å². The Morgan fingerprint density at radius 2 is 2.03 bits per heavy atom. The zero-order valence-electron chi connectivity index (χ0n) is 15.4. The van der Waals surface area contributed by atoms with E-state index in [4.69, 9.17) is 14.9 Å². The molecule has 1 spiro atoms. The average Bonchev–Trinajstić information content (AvgIpc) is 2.93.